The molecule has 0 saturated carbocycles. The molecule has 8 rings (SSSR count). The van der Waals surface area contributed by atoms with Crippen LogP contribution in [-0.4, -0.2) is 119 Å². The zero-order chi connectivity index (χ0) is 44.4. The van der Waals surface area contributed by atoms with Crippen molar-refractivity contribution in [2.45, 2.75) is 65.8 Å². The number of nitrogens with one attached hydrogen (secondary N) is 3. The molecule has 21 nitrogen and oxygen atoms in total. The first-order valence-electron chi connectivity index (χ1n) is 20.8. The van der Waals surface area contributed by atoms with Crippen LogP contribution in [-0.2, 0) is 30.8 Å². The largest absolute Gasteiger partial charge is 0.491 e. The first-order chi connectivity index (χ1) is 30.3. The number of hydrogen-bond donors (Lipinski definition) is 5. The summed E-state index contributed by atoms with van der Waals surface area (Å²) in [6.45, 7) is 13.2. The molecule has 2 saturated heterocycles. The highest BCUT2D eigenvalue weighted by Crippen LogP contribution is 2.32. The molecule has 330 valence electrons. The zero-order valence-electron chi connectivity index (χ0n) is 35.6. The predicted molar refractivity (Wildman–Crippen MR) is 231 cm³/mol. The Hall–Kier alpha value is -6.97. The summed E-state index contributed by atoms with van der Waals surface area (Å²) in [6.07, 6.45) is 6.18. The highest BCUT2D eigenvalue weighted by Gasteiger charge is 2.44. The Morgan fingerprint density at radius 1 is 0.921 bits per heavy atom. The van der Waals surface area contributed by atoms with Crippen molar-refractivity contribution in [3.05, 3.63) is 82.5 Å². The van der Waals surface area contributed by atoms with Gasteiger partial charge in [0.05, 0.1) is 35.7 Å². The monoisotopic (exact) mass is 862 g/mol. The number of carbonyl (C=O) groups is 4. The van der Waals surface area contributed by atoms with Gasteiger partial charge in [-0.1, -0.05) is 19.1 Å². The van der Waals surface area contributed by atoms with Crippen molar-refractivity contribution >= 4 is 57.7 Å². The third kappa shape index (κ3) is 8.88. The van der Waals surface area contributed by atoms with E-state index in [0.29, 0.717) is 83.5 Å². The van der Waals surface area contributed by atoms with E-state index in [1.165, 1.54) is 12.3 Å². The summed E-state index contributed by atoms with van der Waals surface area (Å²) in [5.74, 6) is -1.23. The lowest BCUT2D eigenvalue weighted by atomic mass is 9.92. The smallest absolute Gasteiger partial charge is 0.295 e. The number of benzene rings is 1. The number of likely N-dealkylation sites (tertiary alicyclic amines) is 1. The van der Waals surface area contributed by atoms with Crippen LogP contribution < -0.4 is 32.2 Å². The van der Waals surface area contributed by atoms with Crippen LogP contribution in [0.4, 0.5) is 11.9 Å². The Bertz CT molecular complexity index is 2750. The van der Waals surface area contributed by atoms with Gasteiger partial charge in [0.1, 0.15) is 28.1 Å². The van der Waals surface area contributed by atoms with Crippen LogP contribution in [0.5, 0.6) is 5.75 Å². The van der Waals surface area contributed by atoms with Gasteiger partial charge in [-0.05, 0) is 51.0 Å². The second kappa shape index (κ2) is 17.8. The van der Waals surface area contributed by atoms with Gasteiger partial charge in [-0.3, -0.25) is 44.0 Å². The topological polar surface area (TPSA) is 270 Å². The number of primary amides is 2. The van der Waals surface area contributed by atoms with E-state index in [2.05, 4.69) is 40.9 Å². The number of aryl methyl sites for hydroxylation is 4. The molecule has 6 aromatic rings. The van der Waals surface area contributed by atoms with Crippen LogP contribution in [0.15, 0.2) is 47.0 Å². The number of allylic oxidation sites excluding steroid dienone is 2. The molecule has 1 spiro atoms. The van der Waals surface area contributed by atoms with Crippen molar-refractivity contribution in [1.29, 1.82) is 0 Å². The van der Waals surface area contributed by atoms with Gasteiger partial charge in [0, 0.05) is 71.0 Å². The Labute approximate surface area is 361 Å². The van der Waals surface area contributed by atoms with Gasteiger partial charge in [-0.2, -0.15) is 5.10 Å². The van der Waals surface area contributed by atoms with Crippen molar-refractivity contribution in [2.75, 3.05) is 56.6 Å². The number of hydrogen-bond acceptors (Lipinski definition) is 14. The summed E-state index contributed by atoms with van der Waals surface area (Å²) in [6, 6.07) is 6.33. The average molecular weight is 863 g/mol. The fourth-order valence-electron chi connectivity index (χ4n) is 8.02. The van der Waals surface area contributed by atoms with Gasteiger partial charge in [-0.25, -0.2) is 19.9 Å². The fourth-order valence-corrected chi connectivity index (χ4v) is 8.02. The second-order valence-electron chi connectivity index (χ2n) is 15.6. The number of pyridine rings is 1. The molecular weight excluding hydrogens is 813 g/mol. The van der Waals surface area contributed by atoms with Crippen molar-refractivity contribution in [3.63, 3.8) is 0 Å². The minimum Gasteiger partial charge on any atom is -0.491 e. The highest BCUT2D eigenvalue weighted by molar-refractivity contribution is 6.05. The van der Waals surface area contributed by atoms with E-state index in [4.69, 9.17) is 30.3 Å². The maximum atomic E-state index is 13.7. The van der Waals surface area contributed by atoms with Gasteiger partial charge in [-0.15, -0.1) is 0 Å². The first kappa shape index (κ1) is 42.7. The lowest BCUT2D eigenvalue weighted by Gasteiger charge is -2.51. The number of fused-ring (bicyclic) bond motifs is 2. The Kier molecular flexibility index (Phi) is 12.1. The van der Waals surface area contributed by atoms with Crippen molar-refractivity contribution < 1.29 is 33.1 Å². The number of aromatic nitrogens is 8. The minimum atomic E-state index is -0.672. The van der Waals surface area contributed by atoms with Crippen molar-refractivity contribution in [3.8, 4) is 5.75 Å². The lowest BCUT2D eigenvalue weighted by Crippen LogP contribution is -2.69. The van der Waals surface area contributed by atoms with Crippen molar-refractivity contribution in [2.24, 2.45) is 11.5 Å². The molecule has 0 aliphatic carbocycles. The molecule has 0 radical (unpaired) electrons. The number of ether oxygens (including phenoxy) is 2. The van der Waals surface area contributed by atoms with E-state index < -0.39 is 23.6 Å². The predicted octanol–water partition coefficient (Wildman–Crippen LogP) is 2.57. The number of morpholine rings is 1. The summed E-state index contributed by atoms with van der Waals surface area (Å²) in [4.78, 5) is 72.4. The molecule has 7 N–H and O–H groups in total. The first-order valence-corrected chi connectivity index (χ1v) is 20.8. The maximum Gasteiger partial charge on any atom is 0.295 e. The molecule has 5 aromatic heterocycles. The Morgan fingerprint density at radius 2 is 1.63 bits per heavy atom. The van der Waals surface area contributed by atoms with Crippen LogP contribution in [0.3, 0.4) is 0 Å². The molecule has 63 heavy (non-hydrogen) atoms. The molecular formula is C42H50N14O7. The number of nitrogens with two attached hydrogens (primary N) is 2. The van der Waals surface area contributed by atoms with E-state index in [1.54, 1.807) is 45.9 Å². The third-order valence-corrected chi connectivity index (χ3v) is 11.0. The minimum absolute atomic E-state index is 0.0614. The quantitative estimate of drug-likeness (QED) is 0.0652. The summed E-state index contributed by atoms with van der Waals surface area (Å²) >= 11 is 0. The maximum absolute atomic E-state index is 13.7. The van der Waals surface area contributed by atoms with Gasteiger partial charge in [0.15, 0.2) is 11.5 Å². The standard InChI is InChI=1S/C42H50N14O7/c1-5-28-34(63-25(4)47-28)39(60)51-40-48-29-17-26(35(43)57)19-32(61-14-9-11-53-22-42(23-53)21-45-10-15-62-42)33(29)54(40)12-7-8-13-55-37-30(18-27(20-46-37)36(44)58)49-41(55)50-38(59)31-16-24(3)52-56(31)6-2/h7-8,16-20,45H,5-6,9-15,21-23H2,1-4H3,(H2,43,57)(H2,44,58)(H,48,51,60)(H,49,50,59)/b8-7+. The lowest BCUT2D eigenvalue weighted by molar-refractivity contribution is -0.156. The van der Waals surface area contributed by atoms with Crippen LogP contribution >= 0.6 is 0 Å². The molecule has 0 unspecified atom stereocenters. The zero-order valence-corrected chi connectivity index (χ0v) is 35.6. The van der Waals surface area contributed by atoms with E-state index in [1.807, 2.05) is 26.0 Å². The molecule has 2 fully saturated rings. The number of carbonyl (C=O) groups excluding carboxylic acids is 4. The molecule has 21 heteroatoms. The SMILES string of the molecule is CCc1nc(C)oc1C(=O)Nc1nc2cc(C(N)=O)cc(OCCCN3CC4(CNCCO4)C3)c2n1C/C=C/Cn1c(NC(=O)c2cc(C)nn2CC)nc2cc(C(N)=O)cnc21. The number of imidazole rings is 2. The van der Waals surface area contributed by atoms with Crippen LogP contribution in [0.2, 0.25) is 0 Å². The summed E-state index contributed by atoms with van der Waals surface area (Å²) in [5, 5.41) is 13.6. The molecule has 1 aromatic carbocycles. The van der Waals surface area contributed by atoms with Gasteiger partial charge in [0.2, 0.25) is 29.5 Å². The van der Waals surface area contributed by atoms with Gasteiger partial charge >= 0.3 is 0 Å². The average Bonchev–Trinajstić information content (AvgIpc) is 4.02. The molecule has 0 atom stereocenters. The summed E-state index contributed by atoms with van der Waals surface area (Å²) < 4.78 is 23.2. The van der Waals surface area contributed by atoms with Gasteiger partial charge < -0.3 is 35.2 Å². The molecule has 7 heterocycles. The number of nitrogens with zero attached hydrogens (tertiary/aromatic N) is 9. The number of amides is 4. The normalized spacial score (nSPS) is 15.0. The van der Waals surface area contributed by atoms with E-state index in [0.717, 1.165) is 32.7 Å². The number of oxazole rings is 1. The van der Waals surface area contributed by atoms with Crippen LogP contribution in [0, 0.1) is 13.8 Å². The Balaban J connectivity index is 1.09. The van der Waals surface area contributed by atoms with Crippen molar-refractivity contribution in [1.82, 2.24) is 49.1 Å². The number of rotatable bonds is 17. The molecule has 0 bridgehead atoms. The second-order valence-corrected chi connectivity index (χ2v) is 15.6. The molecule has 2 aliphatic heterocycles. The number of anilines is 2. The van der Waals surface area contributed by atoms with Gasteiger partial charge in [0.25, 0.3) is 11.8 Å². The highest BCUT2D eigenvalue weighted by atomic mass is 16.5. The summed E-state index contributed by atoms with van der Waals surface area (Å²) in [5.41, 5.74) is 14.7. The molecule has 4 amide bonds. The molecule has 2 aliphatic rings. The van der Waals surface area contributed by atoms with E-state index in [-0.39, 0.29) is 47.5 Å². The van der Waals surface area contributed by atoms with Crippen LogP contribution in [0.25, 0.3) is 22.2 Å². The van der Waals surface area contributed by atoms with E-state index >= 15 is 0 Å². The fraction of sp³-hybridized carbons (Fsp3) is 0.405. The van der Waals surface area contributed by atoms with Crippen LogP contribution in [0.1, 0.15) is 79.3 Å². The third-order valence-electron chi connectivity index (χ3n) is 11.0. The summed E-state index contributed by atoms with van der Waals surface area (Å²) in [7, 11) is 0. The van der Waals surface area contributed by atoms with E-state index in [9.17, 15) is 19.2 Å². The Morgan fingerprint density at radius 3 is 2.35 bits per heavy atom.